The van der Waals surface area contributed by atoms with Gasteiger partial charge in [-0.05, 0) is 54.3 Å². The van der Waals surface area contributed by atoms with Gasteiger partial charge in [0.25, 0.3) is 0 Å². The van der Waals surface area contributed by atoms with Crippen molar-refractivity contribution in [1.82, 2.24) is 14.9 Å². The summed E-state index contributed by atoms with van der Waals surface area (Å²) in [6, 6.07) is 9.53. The molecule has 2 aromatic heterocycles. The zero-order valence-electron chi connectivity index (χ0n) is 17.1. The molecule has 1 N–H and O–H groups in total. The number of anilines is 1. The van der Waals surface area contributed by atoms with Crippen molar-refractivity contribution in [3.05, 3.63) is 53.9 Å². The van der Waals surface area contributed by atoms with E-state index in [9.17, 15) is 0 Å². The Labute approximate surface area is 178 Å². The molecule has 0 amide bonds. The van der Waals surface area contributed by atoms with Crippen molar-refractivity contribution in [3.8, 4) is 17.2 Å². The lowest BCUT2D eigenvalue weighted by Gasteiger charge is -2.12. The van der Waals surface area contributed by atoms with Crippen LogP contribution >= 0.6 is 11.9 Å². The molecule has 0 aliphatic carbocycles. The Kier molecular flexibility index (Phi) is 5.71. The van der Waals surface area contributed by atoms with Gasteiger partial charge in [0, 0.05) is 6.20 Å². The fourth-order valence-corrected chi connectivity index (χ4v) is 4.01. The molecule has 0 radical (unpaired) electrons. The van der Waals surface area contributed by atoms with Gasteiger partial charge in [-0.25, -0.2) is 0 Å². The van der Waals surface area contributed by atoms with Crippen molar-refractivity contribution in [2.45, 2.75) is 18.4 Å². The Bertz CT molecular complexity index is 1150. The standard InChI is InChI=1S/C21H22N4O4S/c1-13-10-22-25(11-13)12-14-8-17(28-4)19-18(9-14)29-23-21(19)24-30-20-15(26-2)6-5-7-16(20)27-3/h5-11H,12H2,1-4H3,(H,23,24). The fraction of sp³-hybridized carbons (Fsp3) is 0.238. The Morgan fingerprint density at radius 3 is 2.43 bits per heavy atom. The first-order valence-corrected chi connectivity index (χ1v) is 10.0. The maximum Gasteiger partial charge on any atom is 0.191 e. The summed E-state index contributed by atoms with van der Waals surface area (Å²) in [7, 11) is 4.87. The molecule has 0 atom stereocenters. The topological polar surface area (TPSA) is 83.6 Å². The molecule has 4 aromatic rings. The third-order valence-electron chi connectivity index (χ3n) is 4.56. The predicted molar refractivity (Wildman–Crippen MR) is 116 cm³/mol. The molecule has 0 unspecified atom stereocenters. The van der Waals surface area contributed by atoms with Crippen molar-refractivity contribution < 1.29 is 18.7 Å². The third-order valence-corrected chi connectivity index (χ3v) is 5.46. The van der Waals surface area contributed by atoms with E-state index >= 15 is 0 Å². The minimum Gasteiger partial charge on any atom is -0.496 e. The van der Waals surface area contributed by atoms with Crippen molar-refractivity contribution in [3.63, 3.8) is 0 Å². The first-order chi connectivity index (χ1) is 14.6. The number of benzene rings is 2. The zero-order valence-corrected chi connectivity index (χ0v) is 17.9. The van der Waals surface area contributed by atoms with Gasteiger partial charge in [0.05, 0.1) is 34.1 Å². The van der Waals surface area contributed by atoms with E-state index < -0.39 is 0 Å². The summed E-state index contributed by atoms with van der Waals surface area (Å²) in [6.45, 7) is 2.62. The molecule has 30 heavy (non-hydrogen) atoms. The zero-order chi connectivity index (χ0) is 21.1. The van der Waals surface area contributed by atoms with Crippen LogP contribution in [-0.4, -0.2) is 36.3 Å². The van der Waals surface area contributed by atoms with Crippen molar-refractivity contribution >= 4 is 28.7 Å². The van der Waals surface area contributed by atoms with E-state index in [1.54, 1.807) is 21.3 Å². The Morgan fingerprint density at radius 1 is 1.07 bits per heavy atom. The second-order valence-electron chi connectivity index (χ2n) is 6.61. The number of rotatable bonds is 8. The Hall–Kier alpha value is -3.33. The summed E-state index contributed by atoms with van der Waals surface area (Å²) in [5, 5.41) is 9.29. The maximum atomic E-state index is 5.62. The van der Waals surface area contributed by atoms with E-state index in [-0.39, 0.29) is 0 Å². The minimum absolute atomic E-state index is 0.557. The molecule has 0 fully saturated rings. The molecule has 2 heterocycles. The number of aryl methyl sites for hydroxylation is 1. The number of fused-ring (bicyclic) bond motifs is 1. The highest BCUT2D eigenvalue weighted by Gasteiger charge is 2.18. The number of ether oxygens (including phenoxy) is 3. The third kappa shape index (κ3) is 3.88. The van der Waals surface area contributed by atoms with Gasteiger partial charge in [-0.1, -0.05) is 11.2 Å². The van der Waals surface area contributed by atoms with Gasteiger partial charge in [0.2, 0.25) is 0 Å². The number of nitrogens with zero attached hydrogens (tertiary/aromatic N) is 3. The maximum absolute atomic E-state index is 5.62. The predicted octanol–water partition coefficient (Wildman–Crippen LogP) is 4.53. The van der Waals surface area contributed by atoms with Crippen LogP contribution in [0.5, 0.6) is 17.2 Å². The van der Waals surface area contributed by atoms with E-state index in [2.05, 4.69) is 15.0 Å². The first kappa shape index (κ1) is 20.0. The molecule has 9 heteroatoms. The van der Waals surface area contributed by atoms with E-state index in [0.29, 0.717) is 35.2 Å². The SMILES string of the molecule is COc1cccc(OC)c1SNc1noc2cc(Cn3cc(C)cn3)cc(OC)c12. The highest BCUT2D eigenvalue weighted by atomic mass is 32.2. The van der Waals surface area contributed by atoms with Crippen LogP contribution in [-0.2, 0) is 6.54 Å². The summed E-state index contributed by atoms with van der Waals surface area (Å²) >= 11 is 1.33. The molecule has 0 aliphatic heterocycles. The van der Waals surface area contributed by atoms with Gasteiger partial charge in [-0.15, -0.1) is 0 Å². The van der Waals surface area contributed by atoms with E-state index in [1.165, 1.54) is 11.9 Å². The van der Waals surface area contributed by atoms with Crippen molar-refractivity contribution in [2.24, 2.45) is 0 Å². The van der Waals surface area contributed by atoms with Crippen LogP contribution in [0.1, 0.15) is 11.1 Å². The summed E-state index contributed by atoms with van der Waals surface area (Å²) < 4.78 is 27.2. The van der Waals surface area contributed by atoms with Crippen LogP contribution < -0.4 is 18.9 Å². The summed E-state index contributed by atoms with van der Waals surface area (Å²) in [5.74, 6) is 2.62. The number of hydrogen-bond acceptors (Lipinski definition) is 8. The summed E-state index contributed by atoms with van der Waals surface area (Å²) in [5.41, 5.74) is 2.74. The Balaban J connectivity index is 1.63. The lowest BCUT2D eigenvalue weighted by atomic mass is 10.1. The summed E-state index contributed by atoms with van der Waals surface area (Å²) in [6.07, 6.45) is 3.82. The molecule has 156 valence electrons. The van der Waals surface area contributed by atoms with E-state index in [0.717, 1.165) is 21.4 Å². The van der Waals surface area contributed by atoms with Gasteiger partial charge in [-0.2, -0.15) is 5.10 Å². The van der Waals surface area contributed by atoms with Gasteiger partial charge < -0.3 is 23.5 Å². The molecule has 8 nitrogen and oxygen atoms in total. The van der Waals surface area contributed by atoms with Crippen molar-refractivity contribution in [1.29, 1.82) is 0 Å². The van der Waals surface area contributed by atoms with Crippen LogP contribution in [0.15, 0.2) is 52.1 Å². The molecule has 0 bridgehead atoms. The fourth-order valence-electron chi connectivity index (χ4n) is 3.17. The van der Waals surface area contributed by atoms with Gasteiger partial charge in [-0.3, -0.25) is 4.68 Å². The molecule has 0 aliphatic rings. The van der Waals surface area contributed by atoms with Gasteiger partial charge in [0.15, 0.2) is 11.4 Å². The van der Waals surface area contributed by atoms with E-state index in [4.69, 9.17) is 18.7 Å². The molecule has 0 spiro atoms. The average Bonchev–Trinajstić information content (AvgIpc) is 3.37. The van der Waals surface area contributed by atoms with Crippen LogP contribution in [0.3, 0.4) is 0 Å². The van der Waals surface area contributed by atoms with Crippen LogP contribution in [0, 0.1) is 6.92 Å². The molecule has 0 saturated heterocycles. The molecule has 2 aromatic carbocycles. The van der Waals surface area contributed by atoms with E-state index in [1.807, 2.05) is 54.3 Å². The highest BCUT2D eigenvalue weighted by Crippen LogP contribution is 2.40. The van der Waals surface area contributed by atoms with Crippen molar-refractivity contribution in [2.75, 3.05) is 26.1 Å². The lowest BCUT2D eigenvalue weighted by molar-refractivity contribution is 0.376. The molecular formula is C21H22N4O4S. The number of aromatic nitrogens is 3. The van der Waals surface area contributed by atoms with Crippen LogP contribution in [0.4, 0.5) is 5.82 Å². The monoisotopic (exact) mass is 426 g/mol. The molecule has 0 saturated carbocycles. The van der Waals surface area contributed by atoms with Gasteiger partial charge >= 0.3 is 0 Å². The number of hydrogen-bond donors (Lipinski definition) is 1. The van der Waals surface area contributed by atoms with Gasteiger partial charge in [0.1, 0.15) is 27.5 Å². The largest absolute Gasteiger partial charge is 0.496 e. The van der Waals surface area contributed by atoms with Crippen LogP contribution in [0.2, 0.25) is 0 Å². The summed E-state index contributed by atoms with van der Waals surface area (Å²) in [4.78, 5) is 0.809. The lowest BCUT2D eigenvalue weighted by Crippen LogP contribution is -2.00. The minimum atomic E-state index is 0.557. The smallest absolute Gasteiger partial charge is 0.191 e. The molecule has 4 rings (SSSR count). The Morgan fingerprint density at radius 2 is 1.80 bits per heavy atom. The highest BCUT2D eigenvalue weighted by molar-refractivity contribution is 8.00. The number of nitrogens with one attached hydrogen (secondary N) is 1. The van der Waals surface area contributed by atoms with Crippen LogP contribution in [0.25, 0.3) is 11.0 Å². The second kappa shape index (κ2) is 8.58. The average molecular weight is 426 g/mol. The number of methoxy groups -OCH3 is 3. The normalized spacial score (nSPS) is 10.9. The first-order valence-electron chi connectivity index (χ1n) is 9.22. The second-order valence-corrected chi connectivity index (χ2v) is 7.43. The molecular weight excluding hydrogens is 404 g/mol. The quantitative estimate of drug-likeness (QED) is 0.412.